The predicted molar refractivity (Wildman–Crippen MR) is 73.3 cm³/mol. The normalized spacial score (nSPS) is 11.6. The Hall–Kier alpha value is -1.81. The molecule has 0 saturated heterocycles. The third kappa shape index (κ3) is 4.10. The zero-order chi connectivity index (χ0) is 14.4. The Balaban J connectivity index is 1.81. The highest BCUT2D eigenvalue weighted by atomic mass is 19.3. The molecule has 0 radical (unpaired) electrons. The third-order valence-electron chi connectivity index (χ3n) is 3.02. The smallest absolute Gasteiger partial charge is 0.285 e. The van der Waals surface area contributed by atoms with E-state index in [-0.39, 0.29) is 11.4 Å². The Morgan fingerprint density at radius 1 is 0.950 bits per heavy atom. The summed E-state index contributed by atoms with van der Waals surface area (Å²) in [5, 5.41) is 2.72. The standard InChI is InChI=1S/C16H16F3N/c17-15-8-4-5-13(11-15)9-10-20-12-16(18,19)14-6-2-1-3-7-14/h1-8,11,20H,9-10,12H2. The van der Waals surface area contributed by atoms with E-state index in [0.29, 0.717) is 13.0 Å². The number of hydrogen-bond acceptors (Lipinski definition) is 1. The highest BCUT2D eigenvalue weighted by molar-refractivity contribution is 5.20. The first-order valence-corrected chi connectivity index (χ1v) is 6.46. The monoisotopic (exact) mass is 279 g/mol. The Morgan fingerprint density at radius 2 is 1.70 bits per heavy atom. The second kappa shape index (κ2) is 6.57. The van der Waals surface area contributed by atoms with Gasteiger partial charge in [0.1, 0.15) is 5.82 Å². The lowest BCUT2D eigenvalue weighted by molar-refractivity contribution is -0.00286. The minimum atomic E-state index is -2.90. The van der Waals surface area contributed by atoms with Crippen molar-refractivity contribution in [1.82, 2.24) is 5.32 Å². The molecule has 0 aliphatic rings. The van der Waals surface area contributed by atoms with Gasteiger partial charge >= 0.3 is 0 Å². The van der Waals surface area contributed by atoms with Crippen LogP contribution in [-0.4, -0.2) is 13.1 Å². The quantitative estimate of drug-likeness (QED) is 0.794. The zero-order valence-electron chi connectivity index (χ0n) is 11.0. The van der Waals surface area contributed by atoms with E-state index >= 15 is 0 Å². The van der Waals surface area contributed by atoms with Gasteiger partial charge in [-0.3, -0.25) is 0 Å². The minimum Gasteiger partial charge on any atom is -0.311 e. The van der Waals surface area contributed by atoms with Gasteiger partial charge < -0.3 is 5.32 Å². The molecule has 0 atom stereocenters. The van der Waals surface area contributed by atoms with Gasteiger partial charge in [-0.25, -0.2) is 4.39 Å². The lowest BCUT2D eigenvalue weighted by Gasteiger charge is -2.17. The molecular weight excluding hydrogens is 263 g/mol. The van der Waals surface area contributed by atoms with E-state index in [0.717, 1.165) is 5.56 Å². The second-order valence-corrected chi connectivity index (χ2v) is 4.63. The summed E-state index contributed by atoms with van der Waals surface area (Å²) < 4.78 is 40.6. The molecule has 1 N–H and O–H groups in total. The molecule has 0 aliphatic carbocycles. The van der Waals surface area contributed by atoms with Crippen LogP contribution in [0.3, 0.4) is 0 Å². The van der Waals surface area contributed by atoms with Gasteiger partial charge in [-0.15, -0.1) is 0 Å². The topological polar surface area (TPSA) is 12.0 Å². The van der Waals surface area contributed by atoms with Crippen molar-refractivity contribution in [2.24, 2.45) is 0 Å². The van der Waals surface area contributed by atoms with Crippen LogP contribution in [0.1, 0.15) is 11.1 Å². The molecule has 2 rings (SSSR count). The van der Waals surface area contributed by atoms with Crippen LogP contribution in [0.5, 0.6) is 0 Å². The fraction of sp³-hybridized carbons (Fsp3) is 0.250. The van der Waals surface area contributed by atoms with Crippen LogP contribution in [0.2, 0.25) is 0 Å². The van der Waals surface area contributed by atoms with Gasteiger partial charge in [-0.05, 0) is 30.7 Å². The van der Waals surface area contributed by atoms with Crippen LogP contribution in [0, 0.1) is 5.82 Å². The van der Waals surface area contributed by atoms with E-state index in [1.807, 2.05) is 0 Å². The molecule has 106 valence electrons. The van der Waals surface area contributed by atoms with E-state index in [9.17, 15) is 13.2 Å². The summed E-state index contributed by atoms with van der Waals surface area (Å²) >= 11 is 0. The molecule has 0 heterocycles. The van der Waals surface area contributed by atoms with E-state index < -0.39 is 12.5 Å². The minimum absolute atomic E-state index is 0.00162. The molecule has 2 aromatic carbocycles. The van der Waals surface area contributed by atoms with Crippen molar-refractivity contribution in [3.63, 3.8) is 0 Å². The SMILES string of the molecule is Fc1cccc(CCNCC(F)(F)c2ccccc2)c1. The van der Waals surface area contributed by atoms with Crippen molar-refractivity contribution in [3.8, 4) is 0 Å². The van der Waals surface area contributed by atoms with Crippen molar-refractivity contribution in [3.05, 3.63) is 71.5 Å². The zero-order valence-corrected chi connectivity index (χ0v) is 11.0. The van der Waals surface area contributed by atoms with Crippen LogP contribution in [0.15, 0.2) is 54.6 Å². The van der Waals surface area contributed by atoms with Gasteiger partial charge in [-0.2, -0.15) is 8.78 Å². The van der Waals surface area contributed by atoms with Crippen molar-refractivity contribution in [1.29, 1.82) is 0 Å². The van der Waals surface area contributed by atoms with Crippen molar-refractivity contribution in [2.75, 3.05) is 13.1 Å². The maximum atomic E-state index is 13.8. The predicted octanol–water partition coefficient (Wildman–Crippen LogP) is 3.75. The summed E-state index contributed by atoms with van der Waals surface area (Å²) in [5.41, 5.74) is 0.791. The van der Waals surface area contributed by atoms with Crippen LogP contribution in [0.25, 0.3) is 0 Å². The first-order valence-electron chi connectivity index (χ1n) is 6.46. The molecule has 0 aromatic heterocycles. The number of nitrogens with one attached hydrogen (secondary N) is 1. The third-order valence-corrected chi connectivity index (χ3v) is 3.02. The Morgan fingerprint density at radius 3 is 2.40 bits per heavy atom. The van der Waals surface area contributed by atoms with Gasteiger partial charge in [0.2, 0.25) is 0 Å². The summed E-state index contributed by atoms with van der Waals surface area (Å²) in [6.45, 7) is -0.0434. The Labute approximate surface area is 116 Å². The average molecular weight is 279 g/mol. The fourth-order valence-corrected chi connectivity index (χ4v) is 1.95. The summed E-state index contributed by atoms with van der Waals surface area (Å²) in [6.07, 6.45) is 0.516. The van der Waals surface area contributed by atoms with Crippen molar-refractivity contribution < 1.29 is 13.2 Å². The van der Waals surface area contributed by atoms with Gasteiger partial charge in [-0.1, -0.05) is 42.5 Å². The molecule has 0 unspecified atom stereocenters. The lowest BCUT2D eigenvalue weighted by Crippen LogP contribution is -2.32. The first-order chi connectivity index (χ1) is 9.58. The molecule has 0 bridgehead atoms. The van der Waals surface area contributed by atoms with Crippen LogP contribution >= 0.6 is 0 Å². The second-order valence-electron chi connectivity index (χ2n) is 4.63. The summed E-state index contributed by atoms with van der Waals surface area (Å²) in [6, 6.07) is 13.9. The van der Waals surface area contributed by atoms with E-state index in [2.05, 4.69) is 5.32 Å². The highest BCUT2D eigenvalue weighted by Gasteiger charge is 2.30. The highest BCUT2D eigenvalue weighted by Crippen LogP contribution is 2.26. The maximum Gasteiger partial charge on any atom is 0.285 e. The molecule has 0 aliphatic heterocycles. The van der Waals surface area contributed by atoms with Crippen molar-refractivity contribution >= 4 is 0 Å². The molecule has 4 heteroatoms. The number of alkyl halides is 2. The molecule has 0 fully saturated rings. The molecule has 0 amide bonds. The maximum absolute atomic E-state index is 13.8. The lowest BCUT2D eigenvalue weighted by atomic mass is 10.1. The number of hydrogen-bond donors (Lipinski definition) is 1. The average Bonchev–Trinajstić information content (AvgIpc) is 2.45. The molecule has 0 spiro atoms. The van der Waals surface area contributed by atoms with Crippen molar-refractivity contribution in [2.45, 2.75) is 12.3 Å². The number of benzene rings is 2. The van der Waals surface area contributed by atoms with Crippen LogP contribution < -0.4 is 5.32 Å². The molecule has 0 saturated carbocycles. The molecule has 20 heavy (non-hydrogen) atoms. The van der Waals surface area contributed by atoms with Gasteiger partial charge in [0, 0.05) is 5.56 Å². The summed E-state index contributed by atoms with van der Waals surface area (Å²) in [7, 11) is 0. The summed E-state index contributed by atoms with van der Waals surface area (Å²) in [4.78, 5) is 0. The van der Waals surface area contributed by atoms with Crippen LogP contribution in [-0.2, 0) is 12.3 Å². The molecular formula is C16H16F3N. The van der Waals surface area contributed by atoms with Crippen LogP contribution in [0.4, 0.5) is 13.2 Å². The molecule has 2 aromatic rings. The number of halogens is 3. The van der Waals surface area contributed by atoms with E-state index in [1.165, 1.54) is 24.3 Å². The summed E-state index contributed by atoms with van der Waals surface area (Å²) in [5.74, 6) is -3.21. The Kier molecular flexibility index (Phi) is 4.79. The number of rotatable bonds is 6. The fourth-order valence-electron chi connectivity index (χ4n) is 1.95. The van der Waals surface area contributed by atoms with E-state index in [1.54, 1.807) is 30.3 Å². The van der Waals surface area contributed by atoms with Gasteiger partial charge in [0.25, 0.3) is 5.92 Å². The van der Waals surface area contributed by atoms with Gasteiger partial charge in [0.05, 0.1) is 6.54 Å². The Bertz CT molecular complexity index is 540. The van der Waals surface area contributed by atoms with Gasteiger partial charge in [0.15, 0.2) is 0 Å². The largest absolute Gasteiger partial charge is 0.311 e. The van der Waals surface area contributed by atoms with E-state index in [4.69, 9.17) is 0 Å². The molecule has 1 nitrogen and oxygen atoms in total. The first kappa shape index (κ1) is 14.6.